The summed E-state index contributed by atoms with van der Waals surface area (Å²) in [5.74, 6) is 1.92. The molecule has 2 aromatic carbocycles. The Morgan fingerprint density at radius 3 is 2.59 bits per heavy atom. The maximum Gasteiger partial charge on any atom is 0.221 e. The second-order valence-electron chi connectivity index (χ2n) is 4.82. The Labute approximate surface area is 128 Å². The molecule has 3 rings (SSSR count). The number of para-hydroxylation sites is 1. The van der Waals surface area contributed by atoms with Gasteiger partial charge < -0.3 is 10.5 Å². The Kier molecular flexibility index (Phi) is 3.87. The molecule has 0 spiro atoms. The number of anilines is 1. The first-order chi connectivity index (χ1) is 10.7. The van der Waals surface area contributed by atoms with Crippen molar-refractivity contribution in [1.29, 1.82) is 0 Å². The summed E-state index contributed by atoms with van der Waals surface area (Å²) in [6.07, 6.45) is 3.49. The second-order valence-corrected chi connectivity index (χ2v) is 4.82. The average molecular weight is 292 g/mol. The number of ether oxygens (including phenoxy) is 1. The van der Waals surface area contributed by atoms with Crippen LogP contribution in [0.5, 0.6) is 11.5 Å². The van der Waals surface area contributed by atoms with Crippen LogP contribution in [0.2, 0.25) is 0 Å². The Balaban J connectivity index is 1.78. The monoisotopic (exact) mass is 292 g/mol. The summed E-state index contributed by atoms with van der Waals surface area (Å²) in [6, 6.07) is 17.3. The van der Waals surface area contributed by atoms with E-state index in [4.69, 9.17) is 10.5 Å². The Hall–Kier alpha value is -3.08. The molecule has 0 fully saturated rings. The summed E-state index contributed by atoms with van der Waals surface area (Å²) in [6.45, 7) is 1.87. The van der Waals surface area contributed by atoms with Gasteiger partial charge in [-0.05, 0) is 36.8 Å². The number of aryl methyl sites for hydroxylation is 1. The van der Waals surface area contributed by atoms with E-state index >= 15 is 0 Å². The SMILES string of the molecule is Cc1cn(N=Cc2cccc(Oc3ccccc3)c2)c(N)n1. The van der Waals surface area contributed by atoms with Gasteiger partial charge in [0.15, 0.2) is 0 Å². The third-order valence-electron chi connectivity index (χ3n) is 3.00. The van der Waals surface area contributed by atoms with Crippen molar-refractivity contribution in [3.05, 3.63) is 72.1 Å². The molecule has 0 bridgehead atoms. The summed E-state index contributed by atoms with van der Waals surface area (Å²) in [5.41, 5.74) is 7.50. The van der Waals surface area contributed by atoms with Gasteiger partial charge in [-0.1, -0.05) is 30.3 Å². The van der Waals surface area contributed by atoms with E-state index in [0.717, 1.165) is 22.8 Å². The van der Waals surface area contributed by atoms with E-state index in [-0.39, 0.29) is 0 Å². The van der Waals surface area contributed by atoms with Crippen LogP contribution in [-0.4, -0.2) is 15.9 Å². The molecule has 22 heavy (non-hydrogen) atoms. The van der Waals surface area contributed by atoms with Crippen LogP contribution in [0.3, 0.4) is 0 Å². The van der Waals surface area contributed by atoms with Crippen molar-refractivity contribution < 1.29 is 4.74 Å². The van der Waals surface area contributed by atoms with Crippen LogP contribution in [0.1, 0.15) is 11.3 Å². The Bertz CT molecular complexity index is 793. The maximum atomic E-state index is 5.79. The lowest BCUT2D eigenvalue weighted by Crippen LogP contribution is -1.97. The third-order valence-corrected chi connectivity index (χ3v) is 3.00. The van der Waals surface area contributed by atoms with E-state index in [9.17, 15) is 0 Å². The van der Waals surface area contributed by atoms with E-state index in [1.54, 1.807) is 17.1 Å². The van der Waals surface area contributed by atoms with Gasteiger partial charge in [-0.25, -0.2) is 9.66 Å². The van der Waals surface area contributed by atoms with Gasteiger partial charge in [-0.2, -0.15) is 5.10 Å². The molecule has 5 heteroatoms. The molecule has 0 saturated heterocycles. The standard InChI is InChI=1S/C17H16N4O/c1-13-12-21(17(18)20-13)19-11-14-6-5-9-16(10-14)22-15-7-3-2-4-8-15/h2-12H,1H3,(H2,18,20). The second kappa shape index (κ2) is 6.13. The number of hydrogen-bond acceptors (Lipinski definition) is 4. The zero-order valence-electron chi connectivity index (χ0n) is 12.2. The van der Waals surface area contributed by atoms with Crippen LogP contribution in [0.25, 0.3) is 0 Å². The van der Waals surface area contributed by atoms with Crippen molar-refractivity contribution in [2.45, 2.75) is 6.92 Å². The summed E-state index contributed by atoms with van der Waals surface area (Å²) in [5, 5.41) is 4.29. The third kappa shape index (κ3) is 3.32. The molecule has 1 aromatic heterocycles. The fourth-order valence-corrected chi connectivity index (χ4v) is 2.01. The molecule has 2 N–H and O–H groups in total. The number of nitrogens with zero attached hydrogens (tertiary/aromatic N) is 3. The lowest BCUT2D eigenvalue weighted by molar-refractivity contribution is 0.482. The summed E-state index contributed by atoms with van der Waals surface area (Å²) in [7, 11) is 0. The number of hydrogen-bond donors (Lipinski definition) is 1. The van der Waals surface area contributed by atoms with Crippen molar-refractivity contribution in [3.8, 4) is 11.5 Å². The van der Waals surface area contributed by atoms with Gasteiger partial charge >= 0.3 is 0 Å². The van der Waals surface area contributed by atoms with Crippen molar-refractivity contribution in [2.75, 3.05) is 5.73 Å². The summed E-state index contributed by atoms with van der Waals surface area (Å²) in [4.78, 5) is 4.10. The van der Waals surface area contributed by atoms with Gasteiger partial charge in [-0.15, -0.1) is 0 Å². The van der Waals surface area contributed by atoms with Crippen LogP contribution in [0, 0.1) is 6.92 Å². The maximum absolute atomic E-state index is 5.79. The van der Waals surface area contributed by atoms with E-state index in [2.05, 4.69) is 10.1 Å². The van der Waals surface area contributed by atoms with Gasteiger partial charge in [0.05, 0.1) is 18.1 Å². The largest absolute Gasteiger partial charge is 0.457 e. The first-order valence-electron chi connectivity index (χ1n) is 6.89. The van der Waals surface area contributed by atoms with E-state index in [1.807, 2.05) is 61.5 Å². The highest BCUT2D eigenvalue weighted by Crippen LogP contribution is 2.21. The summed E-state index contributed by atoms with van der Waals surface area (Å²) < 4.78 is 7.34. The number of nitrogen functional groups attached to an aromatic ring is 1. The molecule has 0 atom stereocenters. The molecule has 5 nitrogen and oxygen atoms in total. The van der Waals surface area contributed by atoms with E-state index in [0.29, 0.717) is 5.95 Å². The molecule has 110 valence electrons. The molecule has 0 aliphatic heterocycles. The topological polar surface area (TPSA) is 65.4 Å². The predicted molar refractivity (Wildman–Crippen MR) is 87.3 cm³/mol. The molecular weight excluding hydrogens is 276 g/mol. The Morgan fingerprint density at radius 1 is 1.09 bits per heavy atom. The average Bonchev–Trinajstić information content (AvgIpc) is 2.84. The number of nitrogens with two attached hydrogens (primary N) is 1. The zero-order chi connectivity index (χ0) is 15.4. The predicted octanol–water partition coefficient (Wildman–Crippen LogP) is 3.45. The number of aromatic nitrogens is 2. The smallest absolute Gasteiger partial charge is 0.221 e. The van der Waals surface area contributed by atoms with Crippen molar-refractivity contribution in [3.63, 3.8) is 0 Å². The van der Waals surface area contributed by atoms with E-state index in [1.165, 1.54) is 0 Å². The van der Waals surface area contributed by atoms with Crippen LogP contribution in [0.4, 0.5) is 5.95 Å². The first kappa shape index (κ1) is 13.9. The zero-order valence-corrected chi connectivity index (χ0v) is 12.2. The highest BCUT2D eigenvalue weighted by molar-refractivity contribution is 5.80. The highest BCUT2D eigenvalue weighted by atomic mass is 16.5. The lowest BCUT2D eigenvalue weighted by atomic mass is 10.2. The highest BCUT2D eigenvalue weighted by Gasteiger charge is 2.00. The molecule has 1 heterocycles. The molecule has 0 aliphatic rings. The van der Waals surface area contributed by atoms with Crippen molar-refractivity contribution >= 4 is 12.2 Å². The van der Waals surface area contributed by atoms with Crippen LogP contribution >= 0.6 is 0 Å². The molecule has 0 saturated carbocycles. The van der Waals surface area contributed by atoms with Crippen LogP contribution in [0.15, 0.2) is 65.9 Å². The molecule has 0 aliphatic carbocycles. The number of benzene rings is 2. The lowest BCUT2D eigenvalue weighted by Gasteiger charge is -2.05. The number of rotatable bonds is 4. The Morgan fingerprint density at radius 2 is 1.86 bits per heavy atom. The van der Waals surface area contributed by atoms with Crippen molar-refractivity contribution in [2.24, 2.45) is 5.10 Å². The van der Waals surface area contributed by atoms with Crippen LogP contribution in [-0.2, 0) is 0 Å². The van der Waals surface area contributed by atoms with Gasteiger partial charge in [0.1, 0.15) is 11.5 Å². The molecular formula is C17H16N4O. The minimum Gasteiger partial charge on any atom is -0.457 e. The minimum atomic E-state index is 0.366. The first-order valence-corrected chi connectivity index (χ1v) is 6.89. The van der Waals surface area contributed by atoms with Gasteiger partial charge in [0, 0.05) is 0 Å². The van der Waals surface area contributed by atoms with Crippen LogP contribution < -0.4 is 10.5 Å². The molecule has 3 aromatic rings. The normalized spacial score (nSPS) is 11.0. The van der Waals surface area contributed by atoms with Gasteiger partial charge in [0.25, 0.3) is 0 Å². The quantitative estimate of drug-likeness (QED) is 0.749. The molecule has 0 unspecified atom stereocenters. The minimum absolute atomic E-state index is 0.366. The molecule has 0 amide bonds. The van der Waals surface area contributed by atoms with Crippen molar-refractivity contribution in [1.82, 2.24) is 9.66 Å². The number of imidazole rings is 1. The van der Waals surface area contributed by atoms with Gasteiger partial charge in [0.2, 0.25) is 5.95 Å². The van der Waals surface area contributed by atoms with E-state index < -0.39 is 0 Å². The summed E-state index contributed by atoms with van der Waals surface area (Å²) >= 11 is 0. The fraction of sp³-hybridized carbons (Fsp3) is 0.0588. The fourth-order valence-electron chi connectivity index (χ4n) is 2.01. The molecule has 0 radical (unpaired) electrons. The van der Waals surface area contributed by atoms with Gasteiger partial charge in [-0.3, -0.25) is 0 Å².